The summed E-state index contributed by atoms with van der Waals surface area (Å²) in [5, 5.41) is 20.0. The van der Waals surface area contributed by atoms with E-state index in [4.69, 9.17) is 10.4 Å². The van der Waals surface area contributed by atoms with Gasteiger partial charge in [0.2, 0.25) is 0 Å². The molecular weight excluding hydrogens is 270 g/mol. The number of amides is 1. The van der Waals surface area contributed by atoms with Crippen molar-refractivity contribution in [3.63, 3.8) is 0 Å². The molecule has 21 heavy (non-hydrogen) atoms. The molecule has 2 N–H and O–H groups in total. The van der Waals surface area contributed by atoms with Crippen LogP contribution in [0.4, 0.5) is 5.69 Å². The van der Waals surface area contributed by atoms with Crippen LogP contribution < -0.4 is 10.2 Å². The van der Waals surface area contributed by atoms with E-state index in [0.717, 1.165) is 12.1 Å². The number of carbonyl (C=O) groups excluding carboxylic acids is 1. The van der Waals surface area contributed by atoms with Crippen LogP contribution in [0.2, 0.25) is 0 Å². The zero-order chi connectivity index (χ0) is 15.2. The number of rotatable bonds is 5. The minimum absolute atomic E-state index is 0.00374. The second-order valence-electron chi connectivity index (χ2n) is 4.63. The molecule has 1 aliphatic rings. The van der Waals surface area contributed by atoms with E-state index in [1.807, 2.05) is 35.2 Å². The van der Waals surface area contributed by atoms with Gasteiger partial charge in [0, 0.05) is 25.0 Å². The number of fused-ring (bicyclic) bond motifs is 1. The predicted octanol–water partition coefficient (Wildman–Crippen LogP) is 1.05. The number of hydrogen-bond donors (Lipinski definition) is 2. The van der Waals surface area contributed by atoms with Crippen LogP contribution in [0.1, 0.15) is 12.0 Å². The average molecular weight is 285 g/mol. The molecule has 0 aliphatic carbocycles. The van der Waals surface area contributed by atoms with Gasteiger partial charge < -0.3 is 15.3 Å². The van der Waals surface area contributed by atoms with Gasteiger partial charge in [-0.3, -0.25) is 9.59 Å². The lowest BCUT2D eigenvalue weighted by Gasteiger charge is -2.14. The molecule has 0 unspecified atom stereocenters. The maximum Gasteiger partial charge on any atom is 0.305 e. The van der Waals surface area contributed by atoms with Crippen LogP contribution in [-0.2, 0) is 16.0 Å². The highest BCUT2D eigenvalue weighted by molar-refractivity contribution is 5.97. The summed E-state index contributed by atoms with van der Waals surface area (Å²) in [7, 11) is 0. The zero-order valence-electron chi connectivity index (χ0n) is 11.4. The molecule has 0 spiro atoms. The molecule has 0 saturated carbocycles. The van der Waals surface area contributed by atoms with Crippen molar-refractivity contribution < 1.29 is 14.7 Å². The third-order valence-corrected chi connectivity index (χ3v) is 3.20. The number of carboxylic acid groups (broad SMARTS) is 1. The predicted molar refractivity (Wildman–Crippen MR) is 76.5 cm³/mol. The summed E-state index contributed by atoms with van der Waals surface area (Å²) >= 11 is 0. The van der Waals surface area contributed by atoms with Crippen molar-refractivity contribution in [3.05, 3.63) is 41.6 Å². The van der Waals surface area contributed by atoms with Gasteiger partial charge in [0.25, 0.3) is 5.91 Å². The van der Waals surface area contributed by atoms with E-state index in [1.54, 1.807) is 0 Å². The number of nitrogens with one attached hydrogen (secondary N) is 1. The zero-order valence-corrected chi connectivity index (χ0v) is 11.4. The molecular formula is C15H15N3O3. The van der Waals surface area contributed by atoms with Gasteiger partial charge in [0.1, 0.15) is 11.6 Å². The third-order valence-electron chi connectivity index (χ3n) is 3.20. The van der Waals surface area contributed by atoms with Gasteiger partial charge in [0.05, 0.1) is 6.42 Å². The number of hydrogen-bond acceptors (Lipinski definition) is 4. The summed E-state index contributed by atoms with van der Waals surface area (Å²) in [5.74, 6) is -1.55. The molecule has 0 fully saturated rings. The summed E-state index contributed by atoms with van der Waals surface area (Å²) < 4.78 is 0. The van der Waals surface area contributed by atoms with E-state index in [-0.39, 0.29) is 18.5 Å². The topological polar surface area (TPSA) is 93.4 Å². The molecule has 1 amide bonds. The van der Waals surface area contributed by atoms with Crippen LogP contribution in [0.25, 0.3) is 0 Å². The van der Waals surface area contributed by atoms with Crippen molar-refractivity contribution in [2.75, 3.05) is 18.0 Å². The summed E-state index contributed by atoms with van der Waals surface area (Å²) in [5.41, 5.74) is 2.14. The quantitative estimate of drug-likeness (QED) is 0.623. The number of nitrogens with zero attached hydrogens (tertiary/aromatic N) is 2. The standard InChI is InChI=1S/C15H15N3O3/c16-9-12(15(21)17-7-5-14(19)20)10-18-8-6-11-3-1-2-4-13(11)18/h1-4,10H,5-8H2,(H,17,21)(H,19,20)/b12-10-. The molecule has 1 heterocycles. The van der Waals surface area contributed by atoms with Crippen LogP contribution in [0.3, 0.4) is 0 Å². The molecule has 0 aromatic heterocycles. The van der Waals surface area contributed by atoms with Crippen LogP contribution >= 0.6 is 0 Å². The number of carbonyl (C=O) groups is 2. The van der Waals surface area contributed by atoms with Gasteiger partial charge in [-0.25, -0.2) is 0 Å². The Kier molecular flexibility index (Phi) is 4.57. The number of carboxylic acids is 1. The fourth-order valence-electron chi connectivity index (χ4n) is 2.17. The maximum atomic E-state index is 11.8. The first kappa shape index (κ1) is 14.6. The second kappa shape index (κ2) is 6.57. The van der Waals surface area contributed by atoms with Gasteiger partial charge in [-0.15, -0.1) is 0 Å². The fraction of sp³-hybridized carbons (Fsp3) is 0.267. The Labute approximate surface area is 122 Å². The summed E-state index contributed by atoms with van der Waals surface area (Å²) in [6.45, 7) is 0.719. The van der Waals surface area contributed by atoms with Gasteiger partial charge in [0.15, 0.2) is 0 Å². The first-order valence-electron chi connectivity index (χ1n) is 6.58. The van der Waals surface area contributed by atoms with E-state index in [1.165, 1.54) is 11.8 Å². The molecule has 6 nitrogen and oxygen atoms in total. The molecule has 6 heteroatoms. The van der Waals surface area contributed by atoms with Crippen molar-refractivity contribution in [2.24, 2.45) is 0 Å². The van der Waals surface area contributed by atoms with Gasteiger partial charge >= 0.3 is 5.97 Å². The largest absolute Gasteiger partial charge is 0.481 e. The lowest BCUT2D eigenvalue weighted by Crippen LogP contribution is -2.28. The van der Waals surface area contributed by atoms with Gasteiger partial charge in [-0.1, -0.05) is 18.2 Å². The van der Waals surface area contributed by atoms with Crippen LogP contribution in [0.5, 0.6) is 0 Å². The van der Waals surface area contributed by atoms with E-state index in [0.29, 0.717) is 6.54 Å². The van der Waals surface area contributed by atoms with Crippen molar-refractivity contribution in [1.82, 2.24) is 5.32 Å². The Morgan fingerprint density at radius 1 is 1.43 bits per heavy atom. The smallest absolute Gasteiger partial charge is 0.305 e. The van der Waals surface area contributed by atoms with Crippen LogP contribution in [-0.4, -0.2) is 30.1 Å². The normalized spacial score (nSPS) is 13.5. The van der Waals surface area contributed by atoms with Crippen molar-refractivity contribution in [2.45, 2.75) is 12.8 Å². The van der Waals surface area contributed by atoms with Crippen LogP contribution in [0, 0.1) is 11.3 Å². The van der Waals surface area contributed by atoms with Gasteiger partial charge in [-0.2, -0.15) is 5.26 Å². The highest BCUT2D eigenvalue weighted by Crippen LogP contribution is 2.27. The Morgan fingerprint density at radius 2 is 2.19 bits per heavy atom. The average Bonchev–Trinajstić information content (AvgIpc) is 2.87. The SMILES string of the molecule is N#C/C(=C/N1CCc2ccccc21)C(=O)NCCC(=O)O. The number of aliphatic carboxylic acids is 1. The molecule has 0 radical (unpaired) electrons. The van der Waals surface area contributed by atoms with E-state index >= 15 is 0 Å². The monoisotopic (exact) mass is 285 g/mol. The first-order valence-corrected chi connectivity index (χ1v) is 6.58. The van der Waals surface area contributed by atoms with Crippen molar-refractivity contribution in [1.29, 1.82) is 5.26 Å². The van der Waals surface area contributed by atoms with E-state index in [9.17, 15) is 9.59 Å². The van der Waals surface area contributed by atoms with Crippen molar-refractivity contribution >= 4 is 17.6 Å². The number of anilines is 1. The first-order chi connectivity index (χ1) is 10.1. The Morgan fingerprint density at radius 3 is 2.90 bits per heavy atom. The number of benzene rings is 1. The Hall–Kier alpha value is -2.81. The van der Waals surface area contributed by atoms with E-state index < -0.39 is 11.9 Å². The summed E-state index contributed by atoms with van der Waals surface area (Å²) in [6, 6.07) is 9.68. The highest BCUT2D eigenvalue weighted by atomic mass is 16.4. The lowest BCUT2D eigenvalue weighted by molar-refractivity contribution is -0.136. The molecule has 1 aromatic rings. The maximum absolute atomic E-state index is 11.8. The lowest BCUT2D eigenvalue weighted by atomic mass is 10.2. The summed E-state index contributed by atoms with van der Waals surface area (Å²) in [4.78, 5) is 24.1. The molecule has 0 bridgehead atoms. The fourth-order valence-corrected chi connectivity index (χ4v) is 2.17. The van der Waals surface area contributed by atoms with Crippen molar-refractivity contribution in [3.8, 4) is 6.07 Å². The number of para-hydroxylation sites is 1. The summed E-state index contributed by atoms with van der Waals surface area (Å²) in [6.07, 6.45) is 2.21. The minimum atomic E-state index is -0.994. The van der Waals surface area contributed by atoms with E-state index in [2.05, 4.69) is 5.32 Å². The molecule has 0 atom stereocenters. The molecule has 2 rings (SSSR count). The van der Waals surface area contributed by atoms with Gasteiger partial charge in [-0.05, 0) is 18.1 Å². The Balaban J connectivity index is 2.06. The molecule has 1 aromatic carbocycles. The molecule has 108 valence electrons. The number of nitriles is 1. The van der Waals surface area contributed by atoms with Crippen LogP contribution in [0.15, 0.2) is 36.0 Å². The highest BCUT2D eigenvalue weighted by Gasteiger charge is 2.19. The molecule has 1 aliphatic heterocycles. The minimum Gasteiger partial charge on any atom is -0.481 e. The second-order valence-corrected chi connectivity index (χ2v) is 4.63. The third kappa shape index (κ3) is 3.60. The Bertz CT molecular complexity index is 631. The molecule has 0 saturated heterocycles.